The largest absolute Gasteiger partial charge is 0.352 e. The number of benzene rings is 1. The van der Waals surface area contributed by atoms with E-state index in [0.717, 1.165) is 41.3 Å². The number of anilines is 1. The zero-order chi connectivity index (χ0) is 23.5. The molecule has 172 valence electrons. The third-order valence-electron chi connectivity index (χ3n) is 5.41. The molecule has 0 bridgehead atoms. The van der Waals surface area contributed by atoms with E-state index in [9.17, 15) is 4.39 Å². The van der Waals surface area contributed by atoms with Crippen LogP contribution in [0.15, 0.2) is 54.9 Å². The molecule has 0 saturated heterocycles. The Kier molecular flexibility index (Phi) is 6.70. The third kappa shape index (κ3) is 5.37. The molecule has 0 spiro atoms. The van der Waals surface area contributed by atoms with Crippen molar-refractivity contribution in [3.63, 3.8) is 0 Å². The Morgan fingerprint density at radius 2 is 1.79 bits per heavy atom. The number of pyridine rings is 1. The molecule has 4 aromatic rings. The van der Waals surface area contributed by atoms with Crippen molar-refractivity contribution in [1.82, 2.24) is 24.3 Å². The predicted octanol–water partition coefficient (Wildman–Crippen LogP) is 5.51. The van der Waals surface area contributed by atoms with Crippen LogP contribution in [0.4, 0.5) is 10.3 Å². The highest BCUT2D eigenvalue weighted by atomic mass is 19.1. The molecule has 1 N–H and O–H groups in total. The fourth-order valence-electron chi connectivity index (χ4n) is 4.15. The number of nitrogens with zero attached hydrogens (tertiary/aromatic N) is 5. The molecule has 0 aliphatic rings. The van der Waals surface area contributed by atoms with Gasteiger partial charge in [0.15, 0.2) is 0 Å². The number of hydrogen-bond acceptors (Lipinski definition) is 5. The molecule has 3 heterocycles. The third-order valence-corrected chi connectivity index (χ3v) is 5.41. The lowest BCUT2D eigenvalue weighted by Gasteiger charge is -2.16. The van der Waals surface area contributed by atoms with Crippen LogP contribution in [-0.2, 0) is 6.54 Å². The van der Waals surface area contributed by atoms with Gasteiger partial charge in [-0.15, -0.1) is 0 Å². The topological polar surface area (TPSA) is 58.4 Å². The quantitative estimate of drug-likeness (QED) is 0.387. The summed E-state index contributed by atoms with van der Waals surface area (Å²) in [4.78, 5) is 16.3. The molecular formula is C26H31FN6. The van der Waals surface area contributed by atoms with Crippen LogP contribution in [-0.4, -0.2) is 44.4 Å². The van der Waals surface area contributed by atoms with Crippen molar-refractivity contribution < 1.29 is 4.39 Å². The van der Waals surface area contributed by atoms with Gasteiger partial charge in [-0.3, -0.25) is 4.40 Å². The molecular weight excluding hydrogens is 415 g/mol. The second-order valence-electron chi connectivity index (χ2n) is 9.26. The Morgan fingerprint density at radius 3 is 2.48 bits per heavy atom. The Hall–Kier alpha value is -3.32. The van der Waals surface area contributed by atoms with Crippen molar-refractivity contribution >= 4 is 11.6 Å². The maximum Gasteiger partial charge on any atom is 0.223 e. The van der Waals surface area contributed by atoms with Crippen LogP contribution in [0.3, 0.4) is 0 Å². The highest BCUT2D eigenvalue weighted by Crippen LogP contribution is 2.32. The molecule has 1 atom stereocenters. The molecule has 3 aromatic heterocycles. The second-order valence-corrected chi connectivity index (χ2v) is 9.26. The van der Waals surface area contributed by atoms with Crippen LogP contribution < -0.4 is 5.32 Å². The van der Waals surface area contributed by atoms with Crippen LogP contribution in [0.2, 0.25) is 0 Å². The number of imidazole rings is 1. The van der Waals surface area contributed by atoms with Crippen LogP contribution >= 0.6 is 0 Å². The first kappa shape index (κ1) is 22.9. The maximum atomic E-state index is 13.6. The summed E-state index contributed by atoms with van der Waals surface area (Å²) in [5.74, 6) is 0.894. The van der Waals surface area contributed by atoms with Crippen molar-refractivity contribution in [1.29, 1.82) is 0 Å². The van der Waals surface area contributed by atoms with Gasteiger partial charge in [0.25, 0.3) is 0 Å². The summed E-state index contributed by atoms with van der Waals surface area (Å²) in [6.45, 7) is 7.36. The minimum Gasteiger partial charge on any atom is -0.352 e. The van der Waals surface area contributed by atoms with E-state index in [1.54, 1.807) is 18.3 Å². The minimum absolute atomic E-state index is 0.257. The molecule has 1 unspecified atom stereocenters. The SMILES string of the molecule is CC(C)CC(C)Nc1nccc(-c2c(-c3ccc(F)cc3)nc3cc(CN(C)C)ccn23)n1. The summed E-state index contributed by atoms with van der Waals surface area (Å²) in [5.41, 5.74) is 5.21. The van der Waals surface area contributed by atoms with E-state index < -0.39 is 0 Å². The van der Waals surface area contributed by atoms with Gasteiger partial charge in [-0.25, -0.2) is 19.3 Å². The van der Waals surface area contributed by atoms with Gasteiger partial charge < -0.3 is 10.2 Å². The first-order valence-electron chi connectivity index (χ1n) is 11.3. The molecule has 0 aliphatic heterocycles. The Bertz CT molecular complexity index is 1230. The van der Waals surface area contributed by atoms with E-state index in [-0.39, 0.29) is 11.9 Å². The van der Waals surface area contributed by atoms with Gasteiger partial charge in [0.1, 0.15) is 11.5 Å². The van der Waals surface area contributed by atoms with E-state index in [1.165, 1.54) is 17.7 Å². The molecule has 0 saturated carbocycles. The summed E-state index contributed by atoms with van der Waals surface area (Å²) in [6.07, 6.45) is 4.82. The average molecular weight is 447 g/mol. The van der Waals surface area contributed by atoms with Crippen LogP contribution in [0.1, 0.15) is 32.8 Å². The first-order valence-corrected chi connectivity index (χ1v) is 11.3. The summed E-state index contributed by atoms with van der Waals surface area (Å²) >= 11 is 0. The second kappa shape index (κ2) is 9.67. The van der Waals surface area contributed by atoms with E-state index in [1.807, 2.05) is 30.8 Å². The van der Waals surface area contributed by atoms with Gasteiger partial charge in [0.05, 0.1) is 17.1 Å². The lowest BCUT2D eigenvalue weighted by molar-refractivity contribution is 0.402. The van der Waals surface area contributed by atoms with E-state index >= 15 is 0 Å². The number of rotatable bonds is 8. The lowest BCUT2D eigenvalue weighted by Crippen LogP contribution is -2.19. The fraction of sp³-hybridized carbons (Fsp3) is 0.346. The van der Waals surface area contributed by atoms with Crippen LogP contribution in [0, 0.1) is 11.7 Å². The highest BCUT2D eigenvalue weighted by Gasteiger charge is 2.19. The molecule has 0 amide bonds. The van der Waals surface area contributed by atoms with Crippen molar-refractivity contribution in [2.75, 3.05) is 19.4 Å². The van der Waals surface area contributed by atoms with E-state index in [4.69, 9.17) is 9.97 Å². The molecule has 6 nitrogen and oxygen atoms in total. The van der Waals surface area contributed by atoms with Gasteiger partial charge in [-0.2, -0.15) is 0 Å². The Balaban J connectivity index is 1.82. The lowest BCUT2D eigenvalue weighted by atomic mass is 10.1. The molecule has 7 heteroatoms. The predicted molar refractivity (Wildman–Crippen MR) is 132 cm³/mol. The monoisotopic (exact) mass is 446 g/mol. The maximum absolute atomic E-state index is 13.6. The zero-order valence-electron chi connectivity index (χ0n) is 19.9. The van der Waals surface area contributed by atoms with Crippen molar-refractivity contribution in [2.24, 2.45) is 5.92 Å². The molecule has 33 heavy (non-hydrogen) atoms. The van der Waals surface area contributed by atoms with Gasteiger partial charge in [-0.1, -0.05) is 13.8 Å². The molecule has 0 radical (unpaired) electrons. The van der Waals surface area contributed by atoms with Gasteiger partial charge in [0.2, 0.25) is 5.95 Å². The number of hydrogen-bond donors (Lipinski definition) is 1. The van der Waals surface area contributed by atoms with Gasteiger partial charge >= 0.3 is 0 Å². The van der Waals surface area contributed by atoms with Crippen molar-refractivity contribution in [3.8, 4) is 22.6 Å². The Morgan fingerprint density at radius 1 is 1.03 bits per heavy atom. The molecule has 4 rings (SSSR count). The van der Waals surface area contributed by atoms with Crippen LogP contribution in [0.5, 0.6) is 0 Å². The summed E-state index contributed by atoms with van der Waals surface area (Å²) < 4.78 is 15.7. The smallest absolute Gasteiger partial charge is 0.223 e. The Labute approximate surface area is 194 Å². The normalized spacial score (nSPS) is 12.6. The van der Waals surface area contributed by atoms with Crippen molar-refractivity contribution in [2.45, 2.75) is 39.8 Å². The average Bonchev–Trinajstić information content (AvgIpc) is 3.12. The van der Waals surface area contributed by atoms with Gasteiger partial charge in [0, 0.05) is 30.5 Å². The number of aromatic nitrogens is 4. The van der Waals surface area contributed by atoms with E-state index in [0.29, 0.717) is 11.9 Å². The van der Waals surface area contributed by atoms with Crippen LogP contribution in [0.25, 0.3) is 28.3 Å². The van der Waals surface area contributed by atoms with E-state index in [2.05, 4.69) is 48.1 Å². The standard InChI is InChI=1S/C26H31FN6/c1-17(2)14-18(3)29-26-28-12-10-22(30-26)25-24(20-6-8-21(27)9-7-20)31-23-15-19(16-32(4)5)11-13-33(23)25/h6-13,15,17-18H,14,16H2,1-5H3,(H,28,29,30). The summed E-state index contributed by atoms with van der Waals surface area (Å²) in [7, 11) is 4.08. The number of fused-ring (bicyclic) bond motifs is 1. The molecule has 1 aromatic carbocycles. The zero-order valence-corrected chi connectivity index (χ0v) is 19.9. The minimum atomic E-state index is -0.273. The highest BCUT2D eigenvalue weighted by molar-refractivity contribution is 5.80. The van der Waals surface area contributed by atoms with Crippen molar-refractivity contribution in [3.05, 3.63) is 66.2 Å². The van der Waals surface area contributed by atoms with Gasteiger partial charge in [-0.05, 0) is 81.4 Å². The molecule has 0 fully saturated rings. The number of nitrogens with one attached hydrogen (secondary N) is 1. The summed E-state index contributed by atoms with van der Waals surface area (Å²) in [5, 5.41) is 3.41. The number of halogens is 1. The first-order chi connectivity index (χ1) is 15.8. The summed E-state index contributed by atoms with van der Waals surface area (Å²) in [6, 6.07) is 12.8. The molecule has 0 aliphatic carbocycles. The fourth-order valence-corrected chi connectivity index (χ4v) is 4.15.